The molecule has 1 saturated carbocycles. The number of ether oxygens (including phenoxy) is 1. The van der Waals surface area contributed by atoms with Gasteiger partial charge < -0.3 is 9.64 Å². The number of piperidine rings is 1. The third-order valence-electron chi connectivity index (χ3n) is 7.61. The number of nitroso groups, excluding NO2 is 1. The van der Waals surface area contributed by atoms with Gasteiger partial charge in [-0.3, -0.25) is 0 Å². The van der Waals surface area contributed by atoms with E-state index in [1.807, 2.05) is 12.1 Å². The van der Waals surface area contributed by atoms with Crippen LogP contribution in [0.15, 0.2) is 47.7 Å². The Morgan fingerprint density at radius 2 is 2.06 bits per heavy atom. The number of rotatable bonds is 8. The molecule has 0 aromatic heterocycles. The van der Waals surface area contributed by atoms with Gasteiger partial charge >= 0.3 is 0 Å². The standard InChI is InChI=1S/C27H37ClN2O2/c1-21-9-8-16-30(18-21)19-24(27(29-31)14-6-3-7-15-27)23-12-13-26(25(28)17-23)32-20-22-10-4-2-5-11-22/h2,4-5,10,12-13,17,21-22,24H,3,6-9,11,14-16,18-20H2,1H3/t21-,22?,24?/m1/s1. The predicted molar refractivity (Wildman–Crippen MR) is 133 cm³/mol. The molecule has 2 unspecified atom stereocenters. The van der Waals surface area contributed by atoms with E-state index < -0.39 is 5.54 Å². The summed E-state index contributed by atoms with van der Waals surface area (Å²) in [6.07, 6.45) is 17.1. The number of hydrogen-bond acceptors (Lipinski definition) is 4. The van der Waals surface area contributed by atoms with E-state index in [-0.39, 0.29) is 5.92 Å². The minimum absolute atomic E-state index is 0.0727. The third kappa shape index (κ3) is 5.63. The van der Waals surface area contributed by atoms with Crippen molar-refractivity contribution in [2.75, 3.05) is 26.2 Å². The van der Waals surface area contributed by atoms with Gasteiger partial charge in [-0.15, -0.1) is 0 Å². The molecule has 3 atom stereocenters. The van der Waals surface area contributed by atoms with E-state index in [9.17, 15) is 4.91 Å². The Bertz CT molecular complexity index is 831. The first-order valence-corrected chi connectivity index (χ1v) is 12.8. The normalized spacial score (nSPS) is 26.6. The fourth-order valence-corrected chi connectivity index (χ4v) is 6.01. The molecule has 0 bridgehead atoms. The second kappa shape index (κ2) is 11.0. The Morgan fingerprint density at radius 3 is 2.75 bits per heavy atom. The first-order valence-electron chi connectivity index (χ1n) is 12.4. The van der Waals surface area contributed by atoms with Crippen molar-refractivity contribution in [3.8, 4) is 5.75 Å². The molecule has 4 rings (SSSR count). The Labute approximate surface area is 198 Å². The third-order valence-corrected chi connectivity index (χ3v) is 7.91. The summed E-state index contributed by atoms with van der Waals surface area (Å²) in [5, 5.41) is 4.46. The van der Waals surface area contributed by atoms with Gasteiger partial charge in [0.2, 0.25) is 0 Å². The highest BCUT2D eigenvalue weighted by molar-refractivity contribution is 6.32. The number of hydrogen-bond donors (Lipinski definition) is 0. The number of likely N-dealkylation sites (tertiary alicyclic amines) is 1. The van der Waals surface area contributed by atoms with Gasteiger partial charge in [-0.2, -0.15) is 4.91 Å². The highest BCUT2D eigenvalue weighted by atomic mass is 35.5. The van der Waals surface area contributed by atoms with Gasteiger partial charge in [-0.1, -0.05) is 73.3 Å². The van der Waals surface area contributed by atoms with Crippen LogP contribution < -0.4 is 4.74 Å². The van der Waals surface area contributed by atoms with Crippen molar-refractivity contribution in [3.05, 3.63) is 58.0 Å². The fourth-order valence-electron chi connectivity index (χ4n) is 5.77. The van der Waals surface area contributed by atoms with Crippen LogP contribution in [0.5, 0.6) is 5.75 Å². The van der Waals surface area contributed by atoms with Gasteiger partial charge in [-0.25, -0.2) is 0 Å². The molecule has 0 amide bonds. The maximum Gasteiger partial charge on any atom is 0.137 e. The van der Waals surface area contributed by atoms with Crippen LogP contribution in [0.4, 0.5) is 0 Å². The van der Waals surface area contributed by atoms with Crippen LogP contribution >= 0.6 is 11.6 Å². The zero-order valence-electron chi connectivity index (χ0n) is 19.3. The van der Waals surface area contributed by atoms with Crippen molar-refractivity contribution in [2.24, 2.45) is 17.0 Å². The summed E-state index contributed by atoms with van der Waals surface area (Å²) in [7, 11) is 0. The predicted octanol–water partition coefficient (Wildman–Crippen LogP) is 7.14. The lowest BCUT2D eigenvalue weighted by atomic mass is 9.70. The Kier molecular flexibility index (Phi) is 8.07. The lowest BCUT2D eigenvalue weighted by molar-refractivity contribution is 0.138. The molecule has 1 aliphatic heterocycles. The molecule has 0 N–H and O–H groups in total. The Balaban J connectivity index is 1.54. The van der Waals surface area contributed by atoms with E-state index in [1.165, 1.54) is 19.3 Å². The quantitative estimate of drug-likeness (QED) is 0.390. The molecule has 1 aromatic carbocycles. The monoisotopic (exact) mass is 456 g/mol. The molecule has 2 fully saturated rings. The van der Waals surface area contributed by atoms with E-state index >= 15 is 0 Å². The van der Waals surface area contributed by atoms with E-state index in [1.54, 1.807) is 0 Å². The summed E-state index contributed by atoms with van der Waals surface area (Å²) >= 11 is 6.71. The molecule has 4 nitrogen and oxygen atoms in total. The minimum atomic E-state index is -0.524. The van der Waals surface area contributed by atoms with E-state index in [4.69, 9.17) is 16.3 Å². The van der Waals surface area contributed by atoms with Crippen molar-refractivity contribution in [3.63, 3.8) is 0 Å². The smallest absolute Gasteiger partial charge is 0.137 e. The maximum atomic E-state index is 12.3. The molecule has 0 spiro atoms. The van der Waals surface area contributed by atoms with E-state index in [0.29, 0.717) is 23.5 Å². The fraction of sp³-hybridized carbons (Fsp3) is 0.630. The summed E-state index contributed by atoms with van der Waals surface area (Å²) in [5.74, 6) is 1.89. The average molecular weight is 457 g/mol. The van der Waals surface area contributed by atoms with Crippen LogP contribution in [-0.4, -0.2) is 36.7 Å². The SMILES string of the molecule is C[C@@H]1CCCN(CC(c2ccc(OCC3C=CC=CC3)c(Cl)c2)C2(N=O)CCCCC2)C1. The lowest BCUT2D eigenvalue weighted by Gasteiger charge is -2.42. The molecular formula is C27H37ClN2O2. The number of benzene rings is 1. The molecule has 32 heavy (non-hydrogen) atoms. The highest BCUT2D eigenvalue weighted by Gasteiger charge is 2.43. The molecule has 3 aliphatic rings. The molecule has 5 heteroatoms. The number of allylic oxidation sites excluding steroid dienone is 3. The van der Waals surface area contributed by atoms with Crippen molar-refractivity contribution in [1.29, 1.82) is 0 Å². The maximum absolute atomic E-state index is 12.3. The summed E-state index contributed by atoms with van der Waals surface area (Å²) in [5.41, 5.74) is 0.603. The molecule has 1 aromatic rings. The van der Waals surface area contributed by atoms with E-state index in [0.717, 1.165) is 63.1 Å². The van der Waals surface area contributed by atoms with Crippen LogP contribution in [0.25, 0.3) is 0 Å². The molecule has 1 heterocycles. The average Bonchev–Trinajstić information content (AvgIpc) is 2.83. The van der Waals surface area contributed by atoms with Gasteiger partial charge in [0.25, 0.3) is 0 Å². The van der Waals surface area contributed by atoms with Gasteiger partial charge in [0.05, 0.1) is 11.6 Å². The van der Waals surface area contributed by atoms with Gasteiger partial charge in [0.15, 0.2) is 0 Å². The Hall–Kier alpha value is -1.65. The largest absolute Gasteiger partial charge is 0.491 e. The van der Waals surface area contributed by atoms with Crippen molar-refractivity contribution in [2.45, 2.75) is 69.7 Å². The van der Waals surface area contributed by atoms with Crippen LogP contribution in [0.1, 0.15) is 69.8 Å². The molecular weight excluding hydrogens is 420 g/mol. The van der Waals surface area contributed by atoms with Crippen LogP contribution in [-0.2, 0) is 0 Å². The second-order valence-electron chi connectivity index (χ2n) is 10.1. The van der Waals surface area contributed by atoms with Gasteiger partial charge in [0, 0.05) is 24.9 Å². The van der Waals surface area contributed by atoms with Crippen molar-refractivity contribution < 1.29 is 4.74 Å². The topological polar surface area (TPSA) is 41.9 Å². The minimum Gasteiger partial charge on any atom is -0.491 e. The van der Waals surface area contributed by atoms with E-state index in [2.05, 4.69) is 47.4 Å². The lowest BCUT2D eigenvalue weighted by Crippen LogP contribution is -2.45. The first-order chi connectivity index (χ1) is 15.6. The van der Waals surface area contributed by atoms with Gasteiger partial charge in [0.1, 0.15) is 11.3 Å². The number of nitrogens with zero attached hydrogens (tertiary/aromatic N) is 2. The molecule has 1 saturated heterocycles. The van der Waals surface area contributed by atoms with Crippen LogP contribution in [0, 0.1) is 16.7 Å². The Morgan fingerprint density at radius 1 is 1.22 bits per heavy atom. The summed E-state index contributed by atoms with van der Waals surface area (Å²) in [4.78, 5) is 14.8. The van der Waals surface area contributed by atoms with Crippen molar-refractivity contribution >= 4 is 11.6 Å². The zero-order valence-corrected chi connectivity index (χ0v) is 20.1. The van der Waals surface area contributed by atoms with Crippen molar-refractivity contribution in [1.82, 2.24) is 4.90 Å². The molecule has 174 valence electrons. The zero-order chi connectivity index (χ0) is 22.4. The van der Waals surface area contributed by atoms with Crippen LogP contribution in [0.3, 0.4) is 0 Å². The molecule has 2 aliphatic carbocycles. The first kappa shape index (κ1) is 23.5. The second-order valence-corrected chi connectivity index (χ2v) is 10.5. The summed E-state index contributed by atoms with van der Waals surface area (Å²) in [6.45, 7) is 6.04. The highest BCUT2D eigenvalue weighted by Crippen LogP contribution is 2.45. The summed E-state index contributed by atoms with van der Waals surface area (Å²) in [6, 6.07) is 6.15. The van der Waals surface area contributed by atoms with Crippen LogP contribution in [0.2, 0.25) is 5.02 Å². The van der Waals surface area contributed by atoms with Gasteiger partial charge in [-0.05, 0) is 62.3 Å². The summed E-state index contributed by atoms with van der Waals surface area (Å²) < 4.78 is 6.06. The molecule has 0 radical (unpaired) electrons. The number of halogens is 1.